The van der Waals surface area contributed by atoms with Gasteiger partial charge in [-0.1, -0.05) is 32.9 Å². The van der Waals surface area contributed by atoms with Crippen molar-refractivity contribution in [3.8, 4) is 0 Å². The monoisotopic (exact) mass is 406 g/mol. The van der Waals surface area contributed by atoms with Crippen LogP contribution in [0.1, 0.15) is 27.8 Å². The van der Waals surface area contributed by atoms with Gasteiger partial charge in [0.15, 0.2) is 0 Å². The predicted molar refractivity (Wildman–Crippen MR) is 72.5 cm³/mol. The van der Waals surface area contributed by atoms with Crippen molar-refractivity contribution in [3.63, 3.8) is 0 Å². The minimum Gasteiger partial charge on any atom is 1.00 e. The Kier molecular flexibility index (Phi) is 4.50. The van der Waals surface area contributed by atoms with Gasteiger partial charge in [-0.15, -0.1) is 0 Å². The smallest absolute Gasteiger partial charge is 1.00 e. The summed E-state index contributed by atoms with van der Waals surface area (Å²) in [5, 5.41) is 0. The second-order valence-electron chi connectivity index (χ2n) is 4.72. The number of rotatable bonds is 0. The number of hydrogen-bond acceptors (Lipinski definition) is 0. The van der Waals surface area contributed by atoms with E-state index in [1.54, 1.807) is 0 Å². The first-order valence-electron chi connectivity index (χ1n) is 4.77. The molecule has 0 bridgehead atoms. The Bertz CT molecular complexity index is 394. The zero-order chi connectivity index (χ0) is 14.9. The van der Waals surface area contributed by atoms with Gasteiger partial charge in [0.1, 0.15) is 0 Å². The molecule has 1 aromatic rings. The minimum atomic E-state index is -10.7. The summed E-state index contributed by atoms with van der Waals surface area (Å²) >= 11 is 2.32. The molecule has 1 aromatic carbocycles. The second-order valence-corrected chi connectivity index (χ2v) is 7.88. The molecular formula is C10H14F6IP. The van der Waals surface area contributed by atoms with Crippen LogP contribution in [-0.4, -0.2) is 0 Å². The van der Waals surface area contributed by atoms with Gasteiger partial charge in [-0.2, -0.15) is 0 Å². The van der Waals surface area contributed by atoms with E-state index < -0.39 is 7.81 Å². The second kappa shape index (κ2) is 4.51. The summed E-state index contributed by atoms with van der Waals surface area (Å²) in [6.45, 7) is 6.69. The van der Waals surface area contributed by atoms with Crippen LogP contribution in [0.3, 0.4) is 0 Å². The molecule has 0 heterocycles. The van der Waals surface area contributed by atoms with Gasteiger partial charge >= 0.3 is 34.4 Å². The van der Waals surface area contributed by atoms with Crippen LogP contribution in [0.4, 0.5) is 25.2 Å². The molecule has 0 spiro atoms. The first kappa shape index (κ1) is 18.0. The van der Waals surface area contributed by atoms with E-state index in [1.165, 1.54) is 9.13 Å². The summed E-state index contributed by atoms with van der Waals surface area (Å²) in [7, 11) is -10.7. The molecule has 0 atom stereocenters. The normalized spacial score (nSPS) is 16.1. The third-order valence-electron chi connectivity index (χ3n) is 1.71. The van der Waals surface area contributed by atoms with Crippen LogP contribution in [0.2, 0.25) is 0 Å². The van der Waals surface area contributed by atoms with Gasteiger partial charge in [0, 0.05) is 3.57 Å². The zero-order valence-corrected chi connectivity index (χ0v) is 13.0. The van der Waals surface area contributed by atoms with E-state index in [4.69, 9.17) is 0 Å². The molecule has 108 valence electrons. The molecule has 0 aliphatic heterocycles. The molecule has 0 saturated carbocycles. The van der Waals surface area contributed by atoms with Crippen LogP contribution in [0.15, 0.2) is 24.3 Å². The molecule has 0 amide bonds. The molecule has 0 radical (unpaired) electrons. The molecule has 0 N–H and O–H groups in total. The molecule has 8 heteroatoms. The maximum Gasteiger partial charge on any atom is 1.00 e. The van der Waals surface area contributed by atoms with Crippen LogP contribution in [0.5, 0.6) is 0 Å². The first-order valence-corrected chi connectivity index (χ1v) is 7.88. The maximum atomic E-state index is 9.87. The standard InChI is InChI=1S/C10H13I.F6P/c1-10(2,3)8-4-6-9(11)7-5-8;1-7(2,3,4,5)6/h4-7H,1-3H3;/q;-1/p+1. The largest absolute Gasteiger partial charge is 1.00 e. The summed E-state index contributed by atoms with van der Waals surface area (Å²) < 4.78 is 60.5. The van der Waals surface area contributed by atoms with Crippen LogP contribution < -0.4 is 0 Å². The van der Waals surface area contributed by atoms with E-state index in [1.807, 2.05) is 0 Å². The van der Waals surface area contributed by atoms with Crippen LogP contribution in [0.25, 0.3) is 0 Å². The average Bonchev–Trinajstić information content (AvgIpc) is 1.96. The zero-order valence-electron chi connectivity index (χ0n) is 10.9. The number of benzene rings is 1. The van der Waals surface area contributed by atoms with Gasteiger partial charge in [0.05, 0.1) is 0 Å². The molecule has 1 rings (SSSR count). The quantitative estimate of drug-likeness (QED) is 0.245. The van der Waals surface area contributed by atoms with E-state index in [2.05, 4.69) is 67.6 Å². The molecule has 0 unspecified atom stereocenters. The van der Waals surface area contributed by atoms with Crippen LogP contribution in [0, 0.1) is 3.57 Å². The Hall–Kier alpha value is -0.0400. The van der Waals surface area contributed by atoms with Crippen LogP contribution >= 0.6 is 30.4 Å². The van der Waals surface area contributed by atoms with E-state index >= 15 is 0 Å². The fraction of sp³-hybridized carbons (Fsp3) is 0.400. The van der Waals surface area contributed by atoms with Gasteiger partial charge in [0.2, 0.25) is 0 Å². The Labute approximate surface area is 117 Å². The molecule has 0 aliphatic carbocycles. The molecule has 0 fully saturated rings. The summed E-state index contributed by atoms with van der Waals surface area (Å²) in [6.07, 6.45) is 0. The van der Waals surface area contributed by atoms with Gasteiger partial charge in [-0.3, -0.25) is 0 Å². The Balaban J connectivity index is 0. The molecule has 0 aliphatic rings. The first-order chi connectivity index (χ1) is 7.45. The van der Waals surface area contributed by atoms with E-state index in [-0.39, 0.29) is 6.84 Å². The van der Waals surface area contributed by atoms with E-state index in [9.17, 15) is 25.2 Å². The van der Waals surface area contributed by atoms with Crippen molar-refractivity contribution < 1.29 is 26.6 Å². The summed E-state index contributed by atoms with van der Waals surface area (Å²) in [5.74, 6) is 0. The molecule has 0 aromatic heterocycles. The van der Waals surface area contributed by atoms with Crippen molar-refractivity contribution >= 4 is 30.4 Å². The summed E-state index contributed by atoms with van der Waals surface area (Å²) in [4.78, 5) is 0. The maximum absolute atomic E-state index is 10.7. The topological polar surface area (TPSA) is 0 Å². The number of hydrogen-bond donors (Lipinski definition) is 0. The SMILES string of the molecule is CC(C)(C)c1ccc(I)cc1.F[P-](F)(F)(F)(F)F.[H+]. The fourth-order valence-electron chi connectivity index (χ4n) is 0.950. The van der Waals surface area contributed by atoms with Crippen molar-refractivity contribution in [2.24, 2.45) is 0 Å². The minimum absolute atomic E-state index is 0. The number of halogens is 7. The molecule has 0 saturated heterocycles. The summed E-state index contributed by atoms with van der Waals surface area (Å²) in [5.41, 5.74) is 1.68. The Morgan fingerprint density at radius 2 is 1.17 bits per heavy atom. The predicted octanol–water partition coefficient (Wildman–Crippen LogP) is 7.08. The Morgan fingerprint density at radius 1 is 0.889 bits per heavy atom. The van der Waals surface area contributed by atoms with E-state index in [0.717, 1.165) is 0 Å². The van der Waals surface area contributed by atoms with E-state index in [0.29, 0.717) is 0 Å². The van der Waals surface area contributed by atoms with Gasteiger partial charge in [0.25, 0.3) is 0 Å². The van der Waals surface area contributed by atoms with Crippen molar-refractivity contribution in [2.45, 2.75) is 26.2 Å². The average molecular weight is 406 g/mol. The summed E-state index contributed by atoms with van der Waals surface area (Å²) in [6, 6.07) is 8.70. The third kappa shape index (κ3) is 14.0. The van der Waals surface area contributed by atoms with Crippen molar-refractivity contribution in [1.82, 2.24) is 0 Å². The van der Waals surface area contributed by atoms with Gasteiger partial charge in [-0.25, -0.2) is 0 Å². The van der Waals surface area contributed by atoms with Crippen molar-refractivity contribution in [1.29, 1.82) is 0 Å². The van der Waals surface area contributed by atoms with Crippen LogP contribution in [-0.2, 0) is 5.41 Å². The van der Waals surface area contributed by atoms with Gasteiger partial charge < -0.3 is 0 Å². The van der Waals surface area contributed by atoms with Crippen molar-refractivity contribution in [3.05, 3.63) is 33.4 Å². The van der Waals surface area contributed by atoms with Gasteiger partial charge in [-0.05, 0) is 45.7 Å². The molecule has 18 heavy (non-hydrogen) atoms. The fourth-order valence-corrected chi connectivity index (χ4v) is 1.31. The Morgan fingerprint density at radius 3 is 1.39 bits per heavy atom. The molecular weight excluding hydrogens is 392 g/mol. The third-order valence-corrected chi connectivity index (χ3v) is 2.43. The molecule has 0 nitrogen and oxygen atoms in total. The van der Waals surface area contributed by atoms with Crippen molar-refractivity contribution in [2.75, 3.05) is 0 Å².